The number of aryl methyl sites for hydroxylation is 1. The van der Waals surface area contributed by atoms with Gasteiger partial charge in [-0.2, -0.15) is 0 Å². The first-order valence-electron chi connectivity index (χ1n) is 9.09. The van der Waals surface area contributed by atoms with Crippen LogP contribution in [0, 0.1) is 0 Å². The summed E-state index contributed by atoms with van der Waals surface area (Å²) in [5.74, 6) is 2.62. The molecule has 0 heterocycles. The van der Waals surface area contributed by atoms with Crippen molar-refractivity contribution in [1.82, 2.24) is 0 Å². The van der Waals surface area contributed by atoms with Crippen LogP contribution in [0.3, 0.4) is 0 Å². The summed E-state index contributed by atoms with van der Waals surface area (Å²) in [4.78, 5) is 0. The van der Waals surface area contributed by atoms with Crippen molar-refractivity contribution in [2.24, 2.45) is 0 Å². The largest absolute Gasteiger partial charge is 0.497 e. The normalized spacial score (nSPS) is 15.6. The van der Waals surface area contributed by atoms with Crippen molar-refractivity contribution < 1.29 is 18.9 Å². The molecule has 3 aromatic carbocycles. The summed E-state index contributed by atoms with van der Waals surface area (Å²) in [6.45, 7) is 0. The minimum Gasteiger partial charge on any atom is -0.497 e. The van der Waals surface area contributed by atoms with E-state index >= 15 is 0 Å². The SMILES string of the molecule is COc1ccc(-c2cc(OC)c3c4c(c(OC)ccc24)CC[C@@H]3OC)cc1. The van der Waals surface area contributed by atoms with Crippen molar-refractivity contribution in [2.75, 3.05) is 28.4 Å². The first-order chi connectivity index (χ1) is 13.2. The molecule has 0 aliphatic heterocycles. The topological polar surface area (TPSA) is 36.9 Å². The van der Waals surface area contributed by atoms with E-state index < -0.39 is 0 Å². The fourth-order valence-corrected chi connectivity index (χ4v) is 4.16. The molecule has 1 atom stereocenters. The smallest absolute Gasteiger partial charge is 0.125 e. The lowest BCUT2D eigenvalue weighted by Crippen LogP contribution is -2.13. The predicted octanol–water partition coefficient (Wildman–Crippen LogP) is 5.17. The third-order valence-corrected chi connectivity index (χ3v) is 5.47. The molecule has 0 saturated heterocycles. The summed E-state index contributed by atoms with van der Waals surface area (Å²) in [7, 11) is 6.89. The lowest BCUT2D eigenvalue weighted by molar-refractivity contribution is 0.0926. The molecule has 0 amide bonds. The molecule has 1 aliphatic rings. The Balaban J connectivity index is 2.06. The van der Waals surface area contributed by atoms with Crippen LogP contribution in [0.5, 0.6) is 17.2 Å². The number of hydrogen-bond donors (Lipinski definition) is 0. The number of benzene rings is 3. The molecule has 0 N–H and O–H groups in total. The minimum atomic E-state index is 0.0203. The molecule has 4 heteroatoms. The van der Waals surface area contributed by atoms with E-state index in [2.05, 4.69) is 30.3 Å². The van der Waals surface area contributed by atoms with Crippen LogP contribution in [0.2, 0.25) is 0 Å². The van der Waals surface area contributed by atoms with Crippen LogP contribution in [-0.4, -0.2) is 28.4 Å². The highest BCUT2D eigenvalue weighted by Gasteiger charge is 2.29. The third kappa shape index (κ3) is 2.81. The molecule has 0 bridgehead atoms. The molecule has 0 saturated carbocycles. The quantitative estimate of drug-likeness (QED) is 0.626. The molecule has 4 rings (SSSR count). The van der Waals surface area contributed by atoms with E-state index in [1.54, 1.807) is 28.4 Å². The van der Waals surface area contributed by atoms with Gasteiger partial charge in [0.25, 0.3) is 0 Å². The highest BCUT2D eigenvalue weighted by Crippen LogP contribution is 2.48. The van der Waals surface area contributed by atoms with Gasteiger partial charge in [0.15, 0.2) is 0 Å². The van der Waals surface area contributed by atoms with E-state index in [0.29, 0.717) is 0 Å². The molecule has 0 radical (unpaired) electrons. The van der Waals surface area contributed by atoms with Gasteiger partial charge in [-0.05, 0) is 59.0 Å². The van der Waals surface area contributed by atoms with Crippen LogP contribution in [-0.2, 0) is 11.2 Å². The van der Waals surface area contributed by atoms with Crippen molar-refractivity contribution in [3.05, 3.63) is 53.6 Å². The van der Waals surface area contributed by atoms with E-state index in [0.717, 1.165) is 46.8 Å². The maximum Gasteiger partial charge on any atom is 0.125 e. The number of rotatable bonds is 5. The Kier molecular flexibility index (Phi) is 4.66. The van der Waals surface area contributed by atoms with Gasteiger partial charge in [-0.3, -0.25) is 0 Å². The Morgan fingerprint density at radius 3 is 2.19 bits per heavy atom. The van der Waals surface area contributed by atoms with Gasteiger partial charge in [0.05, 0.1) is 27.4 Å². The van der Waals surface area contributed by atoms with E-state index in [-0.39, 0.29) is 6.10 Å². The molecular weight excluding hydrogens is 340 g/mol. The zero-order valence-electron chi connectivity index (χ0n) is 16.2. The Bertz CT molecular complexity index is 976. The maximum absolute atomic E-state index is 5.80. The number of hydrogen-bond acceptors (Lipinski definition) is 4. The summed E-state index contributed by atoms with van der Waals surface area (Å²) in [5, 5.41) is 2.38. The van der Waals surface area contributed by atoms with Crippen LogP contribution in [0.1, 0.15) is 23.7 Å². The van der Waals surface area contributed by atoms with Crippen molar-refractivity contribution in [3.8, 4) is 28.4 Å². The van der Waals surface area contributed by atoms with Crippen molar-refractivity contribution in [3.63, 3.8) is 0 Å². The molecule has 0 aromatic heterocycles. The zero-order valence-corrected chi connectivity index (χ0v) is 16.2. The lowest BCUT2D eigenvalue weighted by atomic mass is 9.82. The second-order valence-electron chi connectivity index (χ2n) is 6.70. The molecule has 0 spiro atoms. The van der Waals surface area contributed by atoms with E-state index in [1.165, 1.54) is 16.3 Å². The predicted molar refractivity (Wildman–Crippen MR) is 107 cm³/mol. The molecule has 1 aliphatic carbocycles. The Morgan fingerprint density at radius 2 is 1.56 bits per heavy atom. The molecule has 140 valence electrons. The number of methoxy groups -OCH3 is 4. The lowest BCUT2D eigenvalue weighted by Gasteiger charge is -2.29. The second-order valence-corrected chi connectivity index (χ2v) is 6.70. The van der Waals surface area contributed by atoms with Gasteiger partial charge in [-0.1, -0.05) is 18.2 Å². The van der Waals surface area contributed by atoms with E-state index in [1.807, 2.05) is 12.1 Å². The summed E-state index contributed by atoms with van der Waals surface area (Å²) in [5.41, 5.74) is 4.60. The van der Waals surface area contributed by atoms with Crippen LogP contribution in [0.25, 0.3) is 21.9 Å². The van der Waals surface area contributed by atoms with Crippen LogP contribution in [0.4, 0.5) is 0 Å². The average molecular weight is 364 g/mol. The Hall–Kier alpha value is -2.72. The summed E-state index contributed by atoms with van der Waals surface area (Å²) >= 11 is 0. The maximum atomic E-state index is 5.80. The minimum absolute atomic E-state index is 0.0203. The van der Waals surface area contributed by atoms with Gasteiger partial charge >= 0.3 is 0 Å². The molecule has 4 nitrogen and oxygen atoms in total. The van der Waals surface area contributed by atoms with E-state index in [9.17, 15) is 0 Å². The van der Waals surface area contributed by atoms with Crippen molar-refractivity contribution in [1.29, 1.82) is 0 Å². The van der Waals surface area contributed by atoms with Gasteiger partial charge < -0.3 is 18.9 Å². The van der Waals surface area contributed by atoms with Crippen LogP contribution < -0.4 is 14.2 Å². The van der Waals surface area contributed by atoms with Crippen LogP contribution >= 0.6 is 0 Å². The van der Waals surface area contributed by atoms with Gasteiger partial charge in [-0.15, -0.1) is 0 Å². The Morgan fingerprint density at radius 1 is 0.815 bits per heavy atom. The fraction of sp³-hybridized carbons (Fsp3) is 0.304. The van der Waals surface area contributed by atoms with Gasteiger partial charge in [-0.25, -0.2) is 0 Å². The van der Waals surface area contributed by atoms with Crippen molar-refractivity contribution in [2.45, 2.75) is 18.9 Å². The van der Waals surface area contributed by atoms with E-state index in [4.69, 9.17) is 18.9 Å². The Labute approximate surface area is 159 Å². The highest BCUT2D eigenvalue weighted by molar-refractivity contribution is 6.03. The van der Waals surface area contributed by atoms with Gasteiger partial charge in [0.2, 0.25) is 0 Å². The van der Waals surface area contributed by atoms with Gasteiger partial charge in [0.1, 0.15) is 17.2 Å². The second kappa shape index (κ2) is 7.12. The number of ether oxygens (including phenoxy) is 4. The fourth-order valence-electron chi connectivity index (χ4n) is 4.16. The zero-order chi connectivity index (χ0) is 19.0. The van der Waals surface area contributed by atoms with Crippen LogP contribution in [0.15, 0.2) is 42.5 Å². The monoisotopic (exact) mass is 364 g/mol. The summed E-state index contributed by atoms with van der Waals surface area (Å²) in [6, 6.07) is 14.4. The molecular formula is C23H24O4. The highest BCUT2D eigenvalue weighted by atomic mass is 16.5. The molecule has 0 fully saturated rings. The summed E-state index contributed by atoms with van der Waals surface area (Å²) in [6.07, 6.45) is 1.85. The van der Waals surface area contributed by atoms with Crippen molar-refractivity contribution >= 4 is 10.8 Å². The average Bonchev–Trinajstić information content (AvgIpc) is 2.74. The first kappa shape index (κ1) is 17.7. The molecule has 0 unspecified atom stereocenters. The molecule has 27 heavy (non-hydrogen) atoms. The standard InChI is InChI=1S/C23H24O4/c1-24-15-7-5-14(6-8-15)18-13-21(27-4)23-20(26-3)12-10-17-19(25-2)11-9-16(18)22(17)23/h5-9,11,13,20H,10,12H2,1-4H3/t20-/m0/s1. The van der Waals surface area contributed by atoms with Gasteiger partial charge in [0, 0.05) is 18.2 Å². The summed E-state index contributed by atoms with van der Waals surface area (Å²) < 4.78 is 22.5. The first-order valence-corrected chi connectivity index (χ1v) is 9.09. The molecule has 3 aromatic rings. The third-order valence-electron chi connectivity index (χ3n) is 5.47.